The molecule has 2 aromatic rings. The van der Waals surface area contributed by atoms with Crippen molar-refractivity contribution in [2.75, 3.05) is 0 Å². The Morgan fingerprint density at radius 3 is 1.95 bits per heavy atom. The molecule has 0 bridgehead atoms. The second-order valence-electron chi connectivity index (χ2n) is 4.56. The number of hydrogen-bond donors (Lipinski definition) is 0. The summed E-state index contributed by atoms with van der Waals surface area (Å²) in [7, 11) is 0. The summed E-state index contributed by atoms with van der Waals surface area (Å²) in [6.07, 6.45) is 1.95. The van der Waals surface area contributed by atoms with Crippen LogP contribution in [0.5, 0.6) is 0 Å². The lowest BCUT2D eigenvalue weighted by molar-refractivity contribution is 0.602. The zero-order valence-electron chi connectivity index (χ0n) is 11.3. The molecule has 0 aliphatic carbocycles. The lowest BCUT2D eigenvalue weighted by Gasteiger charge is -2.14. The molecular weight excluding hydrogens is 359 g/mol. The van der Waals surface area contributed by atoms with Gasteiger partial charge in [0, 0.05) is 10.4 Å². The molecule has 1 aromatic heterocycles. The summed E-state index contributed by atoms with van der Waals surface area (Å²) in [5, 5.41) is 0.823. The number of benzene rings is 1. The van der Waals surface area contributed by atoms with Crippen molar-refractivity contribution in [3.05, 3.63) is 44.9 Å². The fourth-order valence-electron chi connectivity index (χ4n) is 2.11. The van der Waals surface area contributed by atoms with Gasteiger partial charge < -0.3 is 0 Å². The smallest absolute Gasteiger partial charge is 0.142 e. The summed E-state index contributed by atoms with van der Waals surface area (Å²) in [4.78, 5) is 8.87. The highest BCUT2D eigenvalue weighted by molar-refractivity contribution is 9.10. The minimum absolute atomic E-state index is 0.295. The molecular formula is C15H15BrCl2N2. The minimum atomic E-state index is 0.295. The van der Waals surface area contributed by atoms with Gasteiger partial charge in [-0.3, -0.25) is 0 Å². The quantitative estimate of drug-likeness (QED) is 0.603. The number of halogens is 3. The Labute approximate surface area is 137 Å². The van der Waals surface area contributed by atoms with Gasteiger partial charge in [-0.25, -0.2) is 9.97 Å². The van der Waals surface area contributed by atoms with Gasteiger partial charge in [0.2, 0.25) is 0 Å². The Balaban J connectivity index is 2.48. The second kappa shape index (κ2) is 6.88. The first-order valence-electron chi connectivity index (χ1n) is 6.55. The Morgan fingerprint density at radius 2 is 1.50 bits per heavy atom. The largest absolute Gasteiger partial charge is 0.220 e. The molecule has 0 unspecified atom stereocenters. The molecule has 0 atom stereocenters. The van der Waals surface area contributed by atoms with Gasteiger partial charge >= 0.3 is 0 Å². The van der Waals surface area contributed by atoms with Crippen molar-refractivity contribution in [2.24, 2.45) is 0 Å². The predicted molar refractivity (Wildman–Crippen MR) is 88.5 cm³/mol. The number of nitrogens with zero attached hydrogens (tertiary/aromatic N) is 2. The highest BCUT2D eigenvalue weighted by Gasteiger charge is 2.17. The fourth-order valence-corrected chi connectivity index (χ4v) is 3.00. The monoisotopic (exact) mass is 372 g/mol. The molecule has 2 rings (SSSR count). The van der Waals surface area contributed by atoms with E-state index in [0.717, 1.165) is 28.7 Å². The number of hydrogen-bond acceptors (Lipinski definition) is 2. The van der Waals surface area contributed by atoms with Gasteiger partial charge in [-0.1, -0.05) is 65.1 Å². The average Bonchev–Trinajstić information content (AvgIpc) is 2.41. The molecule has 0 spiro atoms. The summed E-state index contributed by atoms with van der Waals surface area (Å²) in [5.41, 5.74) is 1.61. The van der Waals surface area contributed by atoms with Crippen LogP contribution < -0.4 is 0 Å². The zero-order chi connectivity index (χ0) is 14.7. The Morgan fingerprint density at radius 1 is 1.00 bits per heavy atom. The van der Waals surface area contributed by atoms with Crippen molar-refractivity contribution in [3.63, 3.8) is 0 Å². The molecule has 0 fully saturated rings. The van der Waals surface area contributed by atoms with Gasteiger partial charge in [-0.05, 0) is 30.5 Å². The molecule has 5 heteroatoms. The van der Waals surface area contributed by atoms with E-state index in [1.54, 1.807) is 0 Å². The molecule has 0 aliphatic rings. The number of rotatable bonds is 4. The van der Waals surface area contributed by atoms with Crippen LogP contribution in [0.15, 0.2) is 28.7 Å². The highest BCUT2D eigenvalue weighted by Crippen LogP contribution is 2.34. The van der Waals surface area contributed by atoms with Crippen molar-refractivity contribution in [1.82, 2.24) is 9.97 Å². The van der Waals surface area contributed by atoms with E-state index in [4.69, 9.17) is 23.2 Å². The van der Waals surface area contributed by atoms with E-state index in [1.807, 2.05) is 24.3 Å². The molecule has 0 N–H and O–H groups in total. The van der Waals surface area contributed by atoms with E-state index in [0.29, 0.717) is 21.8 Å². The van der Waals surface area contributed by atoms with Crippen LogP contribution in [0.1, 0.15) is 38.4 Å². The molecule has 0 amide bonds. The van der Waals surface area contributed by atoms with Crippen LogP contribution in [0, 0.1) is 0 Å². The van der Waals surface area contributed by atoms with Crippen LogP contribution in [0.3, 0.4) is 0 Å². The second-order valence-corrected chi connectivity index (χ2v) is 6.19. The molecule has 106 valence electrons. The predicted octanol–water partition coefficient (Wildman–Crippen LogP) is 6.12. The molecule has 0 aliphatic heterocycles. The van der Waals surface area contributed by atoms with Crippen LogP contribution in [-0.2, 0) is 0 Å². The van der Waals surface area contributed by atoms with Gasteiger partial charge in [0.05, 0.1) is 5.56 Å². The van der Waals surface area contributed by atoms with Crippen LogP contribution >= 0.6 is 39.1 Å². The lowest BCUT2D eigenvalue weighted by atomic mass is 10.0. The molecule has 1 aromatic carbocycles. The van der Waals surface area contributed by atoms with E-state index in [-0.39, 0.29) is 0 Å². The first-order chi connectivity index (χ1) is 9.56. The Kier molecular flexibility index (Phi) is 5.42. The minimum Gasteiger partial charge on any atom is -0.220 e. The third kappa shape index (κ3) is 3.33. The van der Waals surface area contributed by atoms with Crippen LogP contribution in [0.25, 0.3) is 11.1 Å². The fraction of sp³-hybridized carbons (Fsp3) is 0.333. The van der Waals surface area contributed by atoms with E-state index in [2.05, 4.69) is 39.7 Å². The van der Waals surface area contributed by atoms with Crippen molar-refractivity contribution in [3.8, 4) is 11.1 Å². The van der Waals surface area contributed by atoms with Gasteiger partial charge in [0.15, 0.2) is 0 Å². The molecule has 0 saturated carbocycles. The highest BCUT2D eigenvalue weighted by atomic mass is 79.9. The van der Waals surface area contributed by atoms with Gasteiger partial charge in [-0.2, -0.15) is 0 Å². The van der Waals surface area contributed by atoms with Crippen LogP contribution in [0.2, 0.25) is 10.3 Å². The third-order valence-corrected chi connectivity index (χ3v) is 4.40. The number of aromatic nitrogens is 2. The standard InChI is InChI=1S/C15H15BrCl2N2/c1-3-9(4-2)15-19-13(17)12(14(18)20-15)10-5-7-11(16)8-6-10/h5-9H,3-4H2,1-2H3. The van der Waals surface area contributed by atoms with Gasteiger partial charge in [-0.15, -0.1) is 0 Å². The molecule has 0 saturated heterocycles. The maximum absolute atomic E-state index is 6.32. The maximum Gasteiger partial charge on any atom is 0.142 e. The van der Waals surface area contributed by atoms with Crippen LogP contribution in [-0.4, -0.2) is 9.97 Å². The summed E-state index contributed by atoms with van der Waals surface area (Å²) in [6.45, 7) is 4.23. The van der Waals surface area contributed by atoms with E-state index < -0.39 is 0 Å². The summed E-state index contributed by atoms with van der Waals surface area (Å²) < 4.78 is 1.00. The van der Waals surface area contributed by atoms with E-state index >= 15 is 0 Å². The maximum atomic E-state index is 6.32. The molecule has 20 heavy (non-hydrogen) atoms. The van der Waals surface area contributed by atoms with Gasteiger partial charge in [0.25, 0.3) is 0 Å². The Hall–Kier alpha value is -0.640. The van der Waals surface area contributed by atoms with E-state index in [1.165, 1.54) is 0 Å². The zero-order valence-corrected chi connectivity index (χ0v) is 14.4. The van der Waals surface area contributed by atoms with Crippen molar-refractivity contribution in [1.29, 1.82) is 0 Å². The molecule has 0 radical (unpaired) electrons. The topological polar surface area (TPSA) is 25.8 Å². The first-order valence-corrected chi connectivity index (χ1v) is 8.10. The summed E-state index contributed by atoms with van der Waals surface area (Å²) >= 11 is 16.0. The molecule has 2 nitrogen and oxygen atoms in total. The molecule has 1 heterocycles. The van der Waals surface area contributed by atoms with Crippen molar-refractivity contribution < 1.29 is 0 Å². The summed E-state index contributed by atoms with van der Waals surface area (Å²) in [5.74, 6) is 1.02. The normalized spacial score (nSPS) is 11.1. The SMILES string of the molecule is CCC(CC)c1nc(Cl)c(-c2ccc(Br)cc2)c(Cl)n1. The van der Waals surface area contributed by atoms with Crippen molar-refractivity contribution >= 4 is 39.1 Å². The van der Waals surface area contributed by atoms with Crippen molar-refractivity contribution in [2.45, 2.75) is 32.6 Å². The first kappa shape index (κ1) is 15.7. The third-order valence-electron chi connectivity index (χ3n) is 3.32. The average molecular weight is 374 g/mol. The summed E-state index contributed by atoms with van der Waals surface area (Å²) in [6, 6.07) is 7.77. The lowest BCUT2D eigenvalue weighted by Crippen LogP contribution is -2.04. The van der Waals surface area contributed by atoms with E-state index in [9.17, 15) is 0 Å². The van der Waals surface area contributed by atoms with Crippen LogP contribution in [0.4, 0.5) is 0 Å². The van der Waals surface area contributed by atoms with Gasteiger partial charge in [0.1, 0.15) is 16.1 Å². The Bertz CT molecular complexity index is 572.